The zero-order valence-corrected chi connectivity index (χ0v) is 6.71. The first-order valence-electron chi connectivity index (χ1n) is 3.71. The number of ether oxygens (including phenoxy) is 2. The Morgan fingerprint density at radius 1 is 1.09 bits per heavy atom. The average Bonchev–Trinajstić information content (AvgIpc) is 2.03. The molecule has 0 aromatic carbocycles. The van der Waals surface area contributed by atoms with Gasteiger partial charge in [0.25, 0.3) is 0 Å². The summed E-state index contributed by atoms with van der Waals surface area (Å²) in [5.74, 6) is 2.48. The Kier molecular flexibility index (Phi) is 8.96. The highest BCUT2D eigenvalue weighted by Gasteiger charge is 1.86. The van der Waals surface area contributed by atoms with Crippen LogP contribution in [0.4, 0.5) is 0 Å². The van der Waals surface area contributed by atoms with Crippen LogP contribution in [0, 0.1) is 12.3 Å². The first-order chi connectivity index (χ1) is 5.41. The summed E-state index contributed by atoms with van der Waals surface area (Å²) in [5, 5.41) is 0. The lowest BCUT2D eigenvalue weighted by molar-refractivity contribution is 0.0530. The van der Waals surface area contributed by atoms with Gasteiger partial charge in [-0.1, -0.05) is 0 Å². The van der Waals surface area contributed by atoms with Crippen molar-refractivity contribution in [3.8, 4) is 12.3 Å². The zero-order valence-electron chi connectivity index (χ0n) is 6.71. The van der Waals surface area contributed by atoms with E-state index in [1.165, 1.54) is 0 Å². The van der Waals surface area contributed by atoms with Gasteiger partial charge in [-0.25, -0.2) is 0 Å². The molecule has 0 saturated heterocycles. The lowest BCUT2D eigenvalue weighted by Gasteiger charge is -2.02. The molecule has 3 nitrogen and oxygen atoms in total. The Hall–Kier alpha value is -0.560. The average molecular weight is 157 g/mol. The molecular formula is C8H15NO2. The molecule has 0 aromatic heterocycles. The number of hydrogen-bond acceptors (Lipinski definition) is 3. The highest BCUT2D eigenvalue weighted by atomic mass is 16.5. The molecule has 0 unspecified atom stereocenters. The Morgan fingerprint density at radius 3 is 2.27 bits per heavy atom. The van der Waals surface area contributed by atoms with Crippen molar-refractivity contribution in [2.24, 2.45) is 5.73 Å². The Bertz CT molecular complexity index is 109. The van der Waals surface area contributed by atoms with Gasteiger partial charge in [0, 0.05) is 13.0 Å². The van der Waals surface area contributed by atoms with Gasteiger partial charge in [-0.2, -0.15) is 0 Å². The summed E-state index contributed by atoms with van der Waals surface area (Å²) in [6.45, 7) is 2.97. The second-order valence-electron chi connectivity index (χ2n) is 1.97. The van der Waals surface area contributed by atoms with Crippen LogP contribution in [-0.4, -0.2) is 33.0 Å². The van der Waals surface area contributed by atoms with E-state index in [1.807, 2.05) is 0 Å². The third kappa shape index (κ3) is 9.44. The minimum absolute atomic E-state index is 0.560. The zero-order chi connectivity index (χ0) is 8.36. The molecule has 0 radical (unpaired) electrons. The molecule has 2 N–H and O–H groups in total. The van der Waals surface area contributed by atoms with Crippen molar-refractivity contribution >= 4 is 0 Å². The van der Waals surface area contributed by atoms with Crippen molar-refractivity contribution < 1.29 is 9.47 Å². The largest absolute Gasteiger partial charge is 0.378 e. The third-order valence-corrected chi connectivity index (χ3v) is 1.02. The molecular weight excluding hydrogens is 142 g/mol. The van der Waals surface area contributed by atoms with E-state index in [1.54, 1.807) is 0 Å². The molecule has 3 heteroatoms. The maximum atomic E-state index is 5.20. The van der Waals surface area contributed by atoms with Crippen LogP contribution >= 0.6 is 0 Å². The minimum Gasteiger partial charge on any atom is -0.378 e. The fourth-order valence-corrected chi connectivity index (χ4v) is 0.536. The molecule has 0 aliphatic heterocycles. The molecule has 0 atom stereocenters. The fourth-order valence-electron chi connectivity index (χ4n) is 0.536. The van der Waals surface area contributed by atoms with Crippen molar-refractivity contribution in [3.63, 3.8) is 0 Å². The predicted molar refractivity (Wildman–Crippen MR) is 44.1 cm³/mol. The minimum atomic E-state index is 0.560. The van der Waals surface area contributed by atoms with Crippen molar-refractivity contribution in [1.82, 2.24) is 0 Å². The summed E-state index contributed by atoms with van der Waals surface area (Å²) >= 11 is 0. The van der Waals surface area contributed by atoms with Gasteiger partial charge in [0.2, 0.25) is 0 Å². The molecule has 0 aromatic rings. The van der Waals surface area contributed by atoms with Crippen LogP contribution in [0.5, 0.6) is 0 Å². The molecule has 11 heavy (non-hydrogen) atoms. The van der Waals surface area contributed by atoms with E-state index >= 15 is 0 Å². The van der Waals surface area contributed by atoms with E-state index in [4.69, 9.17) is 21.6 Å². The summed E-state index contributed by atoms with van der Waals surface area (Å²) in [6, 6.07) is 0. The smallest absolute Gasteiger partial charge is 0.0701 e. The summed E-state index contributed by atoms with van der Waals surface area (Å²) in [6.07, 6.45) is 5.68. The van der Waals surface area contributed by atoms with E-state index in [0.29, 0.717) is 39.4 Å². The Labute approximate surface area is 67.9 Å². The highest BCUT2D eigenvalue weighted by molar-refractivity contribution is 4.82. The van der Waals surface area contributed by atoms with Crippen LogP contribution in [0.3, 0.4) is 0 Å². The number of nitrogens with two attached hydrogens (primary N) is 1. The van der Waals surface area contributed by atoms with Crippen molar-refractivity contribution in [2.45, 2.75) is 6.42 Å². The van der Waals surface area contributed by atoms with E-state index < -0.39 is 0 Å². The van der Waals surface area contributed by atoms with Gasteiger partial charge in [0.15, 0.2) is 0 Å². The SMILES string of the molecule is C#CCCOCCOCCN. The third-order valence-electron chi connectivity index (χ3n) is 1.02. The molecule has 0 rings (SSSR count). The molecule has 0 aliphatic carbocycles. The maximum absolute atomic E-state index is 5.20. The fraction of sp³-hybridized carbons (Fsp3) is 0.750. The molecule has 0 aliphatic rings. The highest BCUT2D eigenvalue weighted by Crippen LogP contribution is 1.80. The molecule has 0 bridgehead atoms. The normalized spacial score (nSPS) is 9.45. The van der Waals surface area contributed by atoms with Crippen LogP contribution in [0.2, 0.25) is 0 Å². The Balaban J connectivity index is 2.75. The summed E-state index contributed by atoms with van der Waals surface area (Å²) in [5.41, 5.74) is 5.20. The second-order valence-corrected chi connectivity index (χ2v) is 1.97. The van der Waals surface area contributed by atoms with E-state index in [9.17, 15) is 0 Å². The van der Waals surface area contributed by atoms with E-state index in [0.717, 1.165) is 0 Å². The number of terminal acetylenes is 1. The first-order valence-corrected chi connectivity index (χ1v) is 3.71. The number of rotatable bonds is 7. The maximum Gasteiger partial charge on any atom is 0.0701 e. The monoisotopic (exact) mass is 157 g/mol. The number of hydrogen-bond donors (Lipinski definition) is 1. The van der Waals surface area contributed by atoms with Crippen molar-refractivity contribution in [3.05, 3.63) is 0 Å². The van der Waals surface area contributed by atoms with Crippen LogP contribution in [0.15, 0.2) is 0 Å². The van der Waals surface area contributed by atoms with Gasteiger partial charge < -0.3 is 15.2 Å². The van der Waals surface area contributed by atoms with E-state index in [-0.39, 0.29) is 0 Å². The van der Waals surface area contributed by atoms with Crippen LogP contribution < -0.4 is 5.73 Å². The van der Waals surface area contributed by atoms with Crippen LogP contribution in [0.1, 0.15) is 6.42 Å². The molecule has 0 amide bonds. The Morgan fingerprint density at radius 2 is 1.73 bits per heavy atom. The van der Waals surface area contributed by atoms with Gasteiger partial charge in [0.05, 0.1) is 26.4 Å². The van der Waals surface area contributed by atoms with Gasteiger partial charge in [0.1, 0.15) is 0 Å². The lowest BCUT2D eigenvalue weighted by Crippen LogP contribution is -2.12. The van der Waals surface area contributed by atoms with Crippen molar-refractivity contribution in [2.75, 3.05) is 33.0 Å². The predicted octanol–water partition coefficient (Wildman–Crippen LogP) is 0.00160. The summed E-state index contributed by atoms with van der Waals surface area (Å²) in [4.78, 5) is 0. The van der Waals surface area contributed by atoms with Crippen molar-refractivity contribution in [1.29, 1.82) is 0 Å². The lowest BCUT2D eigenvalue weighted by atomic mass is 10.5. The summed E-state index contributed by atoms with van der Waals surface area (Å²) in [7, 11) is 0. The second kappa shape index (κ2) is 9.44. The first kappa shape index (κ1) is 10.4. The van der Waals surface area contributed by atoms with Gasteiger partial charge in [-0.3, -0.25) is 0 Å². The standard InChI is InChI=1S/C8H15NO2/c1-2-3-5-10-7-8-11-6-4-9/h1H,3-9H2. The van der Waals surface area contributed by atoms with Gasteiger partial charge in [-0.05, 0) is 0 Å². The molecule has 0 heterocycles. The quantitative estimate of drug-likeness (QED) is 0.418. The molecule has 0 fully saturated rings. The molecule has 0 saturated carbocycles. The summed E-state index contributed by atoms with van der Waals surface area (Å²) < 4.78 is 10.2. The van der Waals surface area contributed by atoms with E-state index in [2.05, 4.69) is 5.92 Å². The van der Waals surface area contributed by atoms with Crippen LogP contribution in [-0.2, 0) is 9.47 Å². The van der Waals surface area contributed by atoms with Gasteiger partial charge in [-0.15, -0.1) is 12.3 Å². The van der Waals surface area contributed by atoms with Gasteiger partial charge >= 0.3 is 0 Å². The topological polar surface area (TPSA) is 44.5 Å². The van der Waals surface area contributed by atoms with Crippen LogP contribution in [0.25, 0.3) is 0 Å². The molecule has 64 valence electrons. The molecule has 0 spiro atoms.